The van der Waals surface area contributed by atoms with E-state index in [9.17, 15) is 19.8 Å². The van der Waals surface area contributed by atoms with E-state index in [4.69, 9.17) is 5.73 Å². The van der Waals surface area contributed by atoms with Crippen molar-refractivity contribution < 1.29 is 19.8 Å². The number of aliphatic carboxylic acids is 2. The van der Waals surface area contributed by atoms with Gasteiger partial charge in [0.25, 0.3) is 0 Å². The maximum absolute atomic E-state index is 11.4. The minimum Gasteiger partial charge on any atom is -0.481 e. The Hall–Kier alpha value is -2.40. The van der Waals surface area contributed by atoms with Gasteiger partial charge < -0.3 is 15.9 Å². The van der Waals surface area contributed by atoms with Gasteiger partial charge in [0, 0.05) is 11.6 Å². The molecule has 1 aromatic carbocycles. The number of carboxylic acids is 2. The molecule has 2 aliphatic carbocycles. The van der Waals surface area contributed by atoms with Gasteiger partial charge in [-0.3, -0.25) is 4.79 Å². The molecule has 5 heteroatoms. The molecule has 1 fully saturated rings. The van der Waals surface area contributed by atoms with E-state index in [0.29, 0.717) is 30.4 Å². The molecular weight excluding hydrogens is 282 g/mol. The van der Waals surface area contributed by atoms with Crippen molar-refractivity contribution >= 4 is 17.5 Å². The SMILES string of the molecule is NC1C=CC(c2ccc(C3(C(=O)O)CC3)cc2)=C(C(=O)O)C1. The van der Waals surface area contributed by atoms with Gasteiger partial charge in [-0.2, -0.15) is 0 Å². The summed E-state index contributed by atoms with van der Waals surface area (Å²) in [6.07, 6.45) is 5.12. The highest BCUT2D eigenvalue weighted by atomic mass is 16.4. The number of allylic oxidation sites excluding steroid dienone is 2. The fourth-order valence-corrected chi connectivity index (χ4v) is 2.93. The third-order valence-electron chi connectivity index (χ3n) is 4.44. The number of hydrogen-bond donors (Lipinski definition) is 3. The van der Waals surface area contributed by atoms with Crippen molar-refractivity contribution in [3.8, 4) is 0 Å². The predicted octanol–water partition coefficient (Wildman–Crippen LogP) is 1.93. The predicted molar refractivity (Wildman–Crippen MR) is 81.3 cm³/mol. The number of hydrogen-bond acceptors (Lipinski definition) is 3. The lowest BCUT2D eigenvalue weighted by Crippen LogP contribution is -2.23. The van der Waals surface area contributed by atoms with Crippen LogP contribution in [-0.2, 0) is 15.0 Å². The lowest BCUT2D eigenvalue weighted by atomic mass is 9.88. The van der Waals surface area contributed by atoms with Crippen molar-refractivity contribution in [1.29, 1.82) is 0 Å². The van der Waals surface area contributed by atoms with Gasteiger partial charge in [0.1, 0.15) is 0 Å². The number of carbonyl (C=O) groups is 2. The summed E-state index contributed by atoms with van der Waals surface area (Å²) in [5.74, 6) is -1.77. The largest absolute Gasteiger partial charge is 0.481 e. The van der Waals surface area contributed by atoms with Gasteiger partial charge in [-0.25, -0.2) is 4.79 Å². The summed E-state index contributed by atoms with van der Waals surface area (Å²) in [5, 5.41) is 18.6. The first-order valence-electron chi connectivity index (χ1n) is 7.18. The van der Waals surface area contributed by atoms with Crippen molar-refractivity contribution in [3.63, 3.8) is 0 Å². The Labute approximate surface area is 127 Å². The molecule has 0 spiro atoms. The van der Waals surface area contributed by atoms with Crippen molar-refractivity contribution in [2.75, 3.05) is 0 Å². The fraction of sp³-hybridized carbons (Fsp3) is 0.294. The lowest BCUT2D eigenvalue weighted by molar-refractivity contribution is -0.140. The molecule has 1 saturated carbocycles. The molecule has 0 radical (unpaired) electrons. The Morgan fingerprint density at radius 3 is 2.27 bits per heavy atom. The summed E-state index contributed by atoms with van der Waals surface area (Å²) in [5.41, 5.74) is 7.51. The summed E-state index contributed by atoms with van der Waals surface area (Å²) < 4.78 is 0. The summed E-state index contributed by atoms with van der Waals surface area (Å²) in [6, 6.07) is 6.86. The second kappa shape index (κ2) is 5.10. The van der Waals surface area contributed by atoms with Crippen molar-refractivity contribution in [1.82, 2.24) is 0 Å². The topological polar surface area (TPSA) is 101 Å². The van der Waals surface area contributed by atoms with Crippen LogP contribution >= 0.6 is 0 Å². The van der Waals surface area contributed by atoms with Gasteiger partial charge in [-0.05, 0) is 36.0 Å². The molecule has 0 amide bonds. The van der Waals surface area contributed by atoms with Gasteiger partial charge in [-0.15, -0.1) is 0 Å². The fourth-order valence-electron chi connectivity index (χ4n) is 2.93. The van der Waals surface area contributed by atoms with Crippen molar-refractivity contribution in [3.05, 3.63) is 53.1 Å². The van der Waals surface area contributed by atoms with E-state index >= 15 is 0 Å². The molecule has 0 aromatic heterocycles. The minimum absolute atomic E-state index is 0.282. The third kappa shape index (κ3) is 2.33. The molecular formula is C17H17NO4. The Morgan fingerprint density at radius 2 is 1.77 bits per heavy atom. The highest BCUT2D eigenvalue weighted by Crippen LogP contribution is 2.48. The van der Waals surface area contributed by atoms with Gasteiger partial charge in [0.2, 0.25) is 0 Å². The zero-order valence-electron chi connectivity index (χ0n) is 12.0. The molecule has 0 saturated heterocycles. The molecule has 0 bridgehead atoms. The number of rotatable bonds is 4. The number of nitrogens with two attached hydrogens (primary N) is 1. The molecule has 5 nitrogen and oxygen atoms in total. The first-order chi connectivity index (χ1) is 10.4. The number of benzene rings is 1. The van der Waals surface area contributed by atoms with E-state index in [-0.39, 0.29) is 6.04 Å². The molecule has 1 unspecified atom stereocenters. The van der Waals surface area contributed by atoms with Crippen LogP contribution in [0.2, 0.25) is 0 Å². The van der Waals surface area contributed by atoms with E-state index in [1.54, 1.807) is 36.4 Å². The lowest BCUT2D eigenvalue weighted by Gasteiger charge is -2.18. The molecule has 22 heavy (non-hydrogen) atoms. The summed E-state index contributed by atoms with van der Waals surface area (Å²) >= 11 is 0. The standard InChI is InChI=1S/C17H17NO4/c18-12-5-6-13(14(9-12)15(19)20)10-1-3-11(4-2-10)17(7-8-17)16(21)22/h1-6,12H,7-9,18H2,(H,19,20)(H,21,22). The Morgan fingerprint density at radius 1 is 1.14 bits per heavy atom. The van der Waals surface area contributed by atoms with E-state index in [0.717, 1.165) is 11.1 Å². The Balaban J connectivity index is 1.96. The van der Waals surface area contributed by atoms with Crippen LogP contribution < -0.4 is 5.73 Å². The van der Waals surface area contributed by atoms with E-state index < -0.39 is 17.4 Å². The van der Waals surface area contributed by atoms with Crippen LogP contribution in [0.5, 0.6) is 0 Å². The molecule has 4 N–H and O–H groups in total. The quantitative estimate of drug-likeness (QED) is 0.788. The molecule has 0 heterocycles. The van der Waals surface area contributed by atoms with Crippen LogP contribution in [0.25, 0.3) is 5.57 Å². The van der Waals surface area contributed by atoms with E-state index in [1.165, 1.54) is 0 Å². The summed E-state index contributed by atoms with van der Waals surface area (Å²) in [6.45, 7) is 0. The average molecular weight is 299 g/mol. The molecule has 3 rings (SSSR count). The minimum atomic E-state index is -0.969. The first kappa shape index (κ1) is 14.5. The maximum atomic E-state index is 11.4. The van der Waals surface area contributed by atoms with E-state index in [1.807, 2.05) is 0 Å². The highest BCUT2D eigenvalue weighted by Gasteiger charge is 2.51. The summed E-state index contributed by atoms with van der Waals surface area (Å²) in [7, 11) is 0. The molecule has 1 aromatic rings. The zero-order valence-corrected chi connectivity index (χ0v) is 12.0. The number of carboxylic acid groups (broad SMARTS) is 2. The molecule has 1 atom stereocenters. The monoisotopic (exact) mass is 299 g/mol. The zero-order chi connectivity index (χ0) is 15.9. The van der Waals surface area contributed by atoms with Crippen LogP contribution in [0, 0.1) is 0 Å². The van der Waals surface area contributed by atoms with Crippen LogP contribution in [0.15, 0.2) is 42.0 Å². The van der Waals surface area contributed by atoms with Gasteiger partial charge >= 0.3 is 11.9 Å². The van der Waals surface area contributed by atoms with Crippen LogP contribution in [0.1, 0.15) is 30.4 Å². The van der Waals surface area contributed by atoms with Crippen molar-refractivity contribution in [2.24, 2.45) is 5.73 Å². The van der Waals surface area contributed by atoms with Crippen LogP contribution in [-0.4, -0.2) is 28.2 Å². The van der Waals surface area contributed by atoms with Crippen LogP contribution in [0.4, 0.5) is 0 Å². The average Bonchev–Trinajstić information content (AvgIpc) is 3.29. The van der Waals surface area contributed by atoms with Gasteiger partial charge in [0.05, 0.1) is 5.41 Å². The van der Waals surface area contributed by atoms with E-state index in [2.05, 4.69) is 0 Å². The maximum Gasteiger partial charge on any atom is 0.332 e. The van der Waals surface area contributed by atoms with Gasteiger partial charge in [-0.1, -0.05) is 36.4 Å². The Bertz CT molecular complexity index is 696. The van der Waals surface area contributed by atoms with Crippen molar-refractivity contribution in [2.45, 2.75) is 30.7 Å². The smallest absolute Gasteiger partial charge is 0.332 e. The highest BCUT2D eigenvalue weighted by molar-refractivity contribution is 6.00. The third-order valence-corrected chi connectivity index (χ3v) is 4.44. The van der Waals surface area contributed by atoms with Crippen LogP contribution in [0.3, 0.4) is 0 Å². The Kier molecular flexibility index (Phi) is 3.37. The molecule has 0 aliphatic heterocycles. The normalized spacial score (nSPS) is 22.5. The summed E-state index contributed by atoms with van der Waals surface area (Å²) in [4.78, 5) is 22.7. The second-order valence-corrected chi connectivity index (χ2v) is 5.89. The van der Waals surface area contributed by atoms with Gasteiger partial charge in [0.15, 0.2) is 0 Å². The molecule has 114 valence electrons. The first-order valence-corrected chi connectivity index (χ1v) is 7.18. The second-order valence-electron chi connectivity index (χ2n) is 5.89. The molecule has 2 aliphatic rings.